The third-order valence-electron chi connectivity index (χ3n) is 3.14. The molecule has 2 N–H and O–H groups in total. The average molecular weight is 383 g/mol. The fourth-order valence-electron chi connectivity index (χ4n) is 2.11. The molecule has 0 heterocycles. The Morgan fingerprint density at radius 2 is 1.80 bits per heavy atom. The van der Waals surface area contributed by atoms with Gasteiger partial charge in [0.15, 0.2) is 0 Å². The molecule has 0 spiro atoms. The van der Waals surface area contributed by atoms with Crippen molar-refractivity contribution in [2.75, 3.05) is 16.2 Å². The van der Waals surface area contributed by atoms with Gasteiger partial charge in [0, 0.05) is 17.6 Å². The average Bonchev–Trinajstić information content (AvgIpc) is 2.52. The smallest absolute Gasteiger partial charge is 0.324 e. The van der Waals surface area contributed by atoms with E-state index in [1.54, 1.807) is 6.07 Å². The van der Waals surface area contributed by atoms with Crippen molar-refractivity contribution in [1.82, 2.24) is 0 Å². The Kier molecular flexibility index (Phi) is 5.66. The van der Waals surface area contributed by atoms with E-state index in [4.69, 9.17) is 16.7 Å². The molecule has 0 aliphatic carbocycles. The summed E-state index contributed by atoms with van der Waals surface area (Å²) >= 11 is 5.88. The van der Waals surface area contributed by atoms with Gasteiger partial charge in [-0.25, -0.2) is 8.42 Å². The Hall–Kier alpha value is -2.58. The predicted molar refractivity (Wildman–Crippen MR) is 94.4 cm³/mol. The van der Waals surface area contributed by atoms with Gasteiger partial charge in [-0.1, -0.05) is 17.7 Å². The maximum Gasteiger partial charge on any atom is 0.324 e. The Morgan fingerprint density at radius 3 is 2.32 bits per heavy atom. The van der Waals surface area contributed by atoms with Crippen LogP contribution >= 0.6 is 11.6 Å². The molecule has 132 valence electrons. The van der Waals surface area contributed by atoms with E-state index < -0.39 is 22.5 Å². The molecule has 2 rings (SSSR count). The number of halogens is 1. The minimum absolute atomic E-state index is 0.108. The molecule has 25 heavy (non-hydrogen) atoms. The third kappa shape index (κ3) is 4.71. The van der Waals surface area contributed by atoms with Gasteiger partial charge in [-0.05, 0) is 42.5 Å². The minimum atomic E-state index is -4.13. The second-order valence-corrected chi connectivity index (χ2v) is 7.39. The van der Waals surface area contributed by atoms with Gasteiger partial charge in [-0.3, -0.25) is 13.9 Å². The molecular formula is C16H15ClN2O5S. The van der Waals surface area contributed by atoms with Gasteiger partial charge in [0.05, 0.1) is 10.6 Å². The summed E-state index contributed by atoms with van der Waals surface area (Å²) in [6.07, 6.45) is 0. The molecule has 0 saturated carbocycles. The molecule has 0 unspecified atom stereocenters. The van der Waals surface area contributed by atoms with Crippen LogP contribution in [-0.4, -0.2) is 31.9 Å². The lowest BCUT2D eigenvalue weighted by Crippen LogP contribution is -2.35. The van der Waals surface area contributed by atoms with Gasteiger partial charge in [-0.2, -0.15) is 0 Å². The number of hydrogen-bond acceptors (Lipinski definition) is 4. The first kappa shape index (κ1) is 18.8. The Balaban J connectivity index is 2.44. The lowest BCUT2D eigenvalue weighted by molar-refractivity contribution is -0.135. The first-order valence-electron chi connectivity index (χ1n) is 7.08. The zero-order chi connectivity index (χ0) is 18.6. The first-order valence-corrected chi connectivity index (χ1v) is 8.90. The zero-order valence-electron chi connectivity index (χ0n) is 13.1. The molecule has 0 fully saturated rings. The monoisotopic (exact) mass is 382 g/mol. The van der Waals surface area contributed by atoms with Gasteiger partial charge in [-0.15, -0.1) is 0 Å². The summed E-state index contributed by atoms with van der Waals surface area (Å²) in [6, 6.07) is 11.3. The van der Waals surface area contributed by atoms with Crippen molar-refractivity contribution >= 4 is 44.9 Å². The highest BCUT2D eigenvalue weighted by Gasteiger charge is 2.27. The van der Waals surface area contributed by atoms with Gasteiger partial charge in [0.1, 0.15) is 6.54 Å². The van der Waals surface area contributed by atoms with Crippen molar-refractivity contribution in [3.63, 3.8) is 0 Å². The molecule has 2 aromatic rings. The molecule has 0 saturated heterocycles. The van der Waals surface area contributed by atoms with Crippen LogP contribution in [0.1, 0.15) is 6.92 Å². The van der Waals surface area contributed by atoms with E-state index in [1.165, 1.54) is 49.4 Å². The number of rotatable bonds is 6. The van der Waals surface area contributed by atoms with Crippen molar-refractivity contribution in [3.05, 3.63) is 53.6 Å². The van der Waals surface area contributed by atoms with Crippen LogP contribution in [0.4, 0.5) is 11.4 Å². The highest BCUT2D eigenvalue weighted by molar-refractivity contribution is 7.92. The van der Waals surface area contributed by atoms with E-state index in [9.17, 15) is 18.0 Å². The number of nitrogens with one attached hydrogen (secondary N) is 1. The van der Waals surface area contributed by atoms with E-state index in [2.05, 4.69) is 5.32 Å². The molecule has 0 aliphatic rings. The topological polar surface area (TPSA) is 104 Å². The first-order chi connectivity index (χ1) is 11.7. The van der Waals surface area contributed by atoms with E-state index in [1.807, 2.05) is 0 Å². The highest BCUT2D eigenvalue weighted by Crippen LogP contribution is 2.26. The number of benzene rings is 2. The molecular weight excluding hydrogens is 368 g/mol. The third-order valence-corrected chi connectivity index (χ3v) is 5.16. The molecule has 0 aliphatic heterocycles. The largest absolute Gasteiger partial charge is 0.480 e. The van der Waals surface area contributed by atoms with E-state index in [0.29, 0.717) is 5.69 Å². The number of anilines is 2. The summed E-state index contributed by atoms with van der Waals surface area (Å²) in [5, 5.41) is 11.9. The second kappa shape index (κ2) is 7.54. The molecule has 0 atom stereocenters. The summed E-state index contributed by atoms with van der Waals surface area (Å²) in [6.45, 7) is 0.578. The van der Waals surface area contributed by atoms with Crippen molar-refractivity contribution in [1.29, 1.82) is 0 Å². The van der Waals surface area contributed by atoms with E-state index in [-0.39, 0.29) is 21.5 Å². The molecule has 0 radical (unpaired) electrons. The van der Waals surface area contributed by atoms with Gasteiger partial charge >= 0.3 is 5.97 Å². The van der Waals surface area contributed by atoms with Crippen molar-refractivity contribution < 1.29 is 23.1 Å². The zero-order valence-corrected chi connectivity index (χ0v) is 14.7. The van der Waals surface area contributed by atoms with Crippen LogP contribution in [0, 0.1) is 0 Å². The number of carbonyl (C=O) groups excluding carboxylic acids is 1. The number of carboxylic acids is 1. The number of sulfonamides is 1. The maximum absolute atomic E-state index is 12.8. The molecule has 2 aromatic carbocycles. The molecule has 0 aromatic heterocycles. The number of carboxylic acid groups (broad SMARTS) is 1. The second-order valence-electron chi connectivity index (χ2n) is 5.09. The molecule has 1 amide bonds. The quantitative estimate of drug-likeness (QED) is 0.799. The fraction of sp³-hybridized carbons (Fsp3) is 0.125. The van der Waals surface area contributed by atoms with E-state index >= 15 is 0 Å². The van der Waals surface area contributed by atoms with Crippen LogP contribution in [0.2, 0.25) is 5.02 Å². The summed E-state index contributed by atoms with van der Waals surface area (Å²) in [7, 11) is -4.13. The normalized spacial score (nSPS) is 11.0. The summed E-state index contributed by atoms with van der Waals surface area (Å²) in [5.41, 5.74) is 0.569. The minimum Gasteiger partial charge on any atom is -0.480 e. The number of amides is 1. The van der Waals surface area contributed by atoms with Gasteiger partial charge in [0.25, 0.3) is 10.0 Å². The van der Waals surface area contributed by atoms with Crippen molar-refractivity contribution in [2.24, 2.45) is 0 Å². The lowest BCUT2D eigenvalue weighted by atomic mass is 10.3. The Morgan fingerprint density at radius 1 is 1.16 bits per heavy atom. The summed E-state index contributed by atoms with van der Waals surface area (Å²) in [5.74, 6) is -1.60. The van der Waals surface area contributed by atoms with E-state index in [0.717, 1.165) is 4.31 Å². The number of hydrogen-bond donors (Lipinski definition) is 2. The van der Waals surface area contributed by atoms with Gasteiger partial charge in [0.2, 0.25) is 5.91 Å². The van der Waals surface area contributed by atoms with Crippen LogP contribution in [-0.2, 0) is 19.6 Å². The maximum atomic E-state index is 12.8. The number of carbonyl (C=O) groups is 2. The molecule has 9 heteroatoms. The predicted octanol–water partition coefficient (Wildman–Crippen LogP) is 2.58. The SMILES string of the molecule is CC(=O)Nc1ccc(S(=O)(=O)N(CC(=O)O)c2cccc(Cl)c2)cc1. The Labute approximate surface area is 149 Å². The summed E-state index contributed by atoms with van der Waals surface area (Å²) in [4.78, 5) is 22.1. The molecule has 7 nitrogen and oxygen atoms in total. The van der Waals surface area contributed by atoms with Crippen molar-refractivity contribution in [3.8, 4) is 0 Å². The lowest BCUT2D eigenvalue weighted by Gasteiger charge is -2.23. The van der Waals surface area contributed by atoms with Crippen molar-refractivity contribution in [2.45, 2.75) is 11.8 Å². The number of nitrogens with zero attached hydrogens (tertiary/aromatic N) is 1. The Bertz CT molecular complexity index is 897. The van der Waals surface area contributed by atoms with Crippen LogP contribution in [0.25, 0.3) is 0 Å². The van der Waals surface area contributed by atoms with Crippen LogP contribution in [0.3, 0.4) is 0 Å². The van der Waals surface area contributed by atoms with Crippen LogP contribution < -0.4 is 9.62 Å². The van der Waals surface area contributed by atoms with Crippen LogP contribution in [0.15, 0.2) is 53.4 Å². The fourth-order valence-corrected chi connectivity index (χ4v) is 3.70. The summed E-state index contributed by atoms with van der Waals surface area (Å²) < 4.78 is 26.4. The highest BCUT2D eigenvalue weighted by atomic mass is 35.5. The van der Waals surface area contributed by atoms with Gasteiger partial charge < -0.3 is 10.4 Å². The van der Waals surface area contributed by atoms with Crippen LogP contribution in [0.5, 0.6) is 0 Å². The standard InChI is InChI=1S/C16H15ClN2O5S/c1-11(20)18-13-5-7-15(8-6-13)25(23,24)19(10-16(21)22)14-4-2-3-12(17)9-14/h2-9H,10H2,1H3,(H,18,20)(H,21,22). The molecule has 0 bridgehead atoms. The number of aliphatic carboxylic acids is 1.